The van der Waals surface area contributed by atoms with Gasteiger partial charge in [-0.2, -0.15) is 0 Å². The molecule has 0 saturated carbocycles. The molecule has 1 aromatic rings. The fraction of sp³-hybridized carbons (Fsp3) is 0.286. The van der Waals surface area contributed by atoms with Crippen molar-refractivity contribution >= 4 is 22.6 Å². The van der Waals surface area contributed by atoms with Crippen molar-refractivity contribution in [3.05, 3.63) is 20.0 Å². The van der Waals surface area contributed by atoms with Gasteiger partial charge in [0.15, 0.2) is 5.75 Å². The largest absolute Gasteiger partial charge is 0.573 e. The number of nitrogens with one attached hydrogen (secondary N) is 1. The fourth-order valence-corrected chi connectivity index (χ4v) is 1.24. The quantitative estimate of drug-likeness (QED) is 0.840. The molecule has 1 rings (SSSR count). The highest BCUT2D eigenvalue weighted by atomic mass is 127. The Morgan fingerprint density at radius 3 is 2.53 bits per heavy atom. The fourth-order valence-electron chi connectivity index (χ4n) is 0.823. The molecule has 0 aliphatic carbocycles. The average Bonchev–Trinajstić information content (AvgIpc) is 2.08. The monoisotopic (exact) mass is 335 g/mol. The topological polar surface area (TPSA) is 51.3 Å². The van der Waals surface area contributed by atoms with E-state index in [2.05, 4.69) is 14.5 Å². The van der Waals surface area contributed by atoms with Crippen LogP contribution in [-0.2, 0) is 0 Å². The van der Waals surface area contributed by atoms with Crippen LogP contribution in [0.3, 0.4) is 0 Å². The van der Waals surface area contributed by atoms with Gasteiger partial charge in [-0.1, -0.05) is 0 Å². The van der Waals surface area contributed by atoms with Gasteiger partial charge in [0.05, 0.1) is 10.7 Å². The van der Waals surface area contributed by atoms with Crippen LogP contribution in [0, 0.1) is 3.57 Å². The number of H-pyrrole nitrogens is 1. The zero-order valence-corrected chi connectivity index (χ0v) is 9.47. The van der Waals surface area contributed by atoms with Gasteiger partial charge >= 0.3 is 6.36 Å². The number of halogens is 4. The lowest BCUT2D eigenvalue weighted by Crippen LogP contribution is -2.20. The minimum Gasteiger partial charge on any atom is -0.480 e. The third-order valence-electron chi connectivity index (χ3n) is 1.36. The van der Waals surface area contributed by atoms with E-state index in [4.69, 9.17) is 0 Å². The van der Waals surface area contributed by atoms with Crippen LogP contribution in [0.25, 0.3) is 0 Å². The molecule has 0 bridgehead atoms. The molecule has 1 aromatic heterocycles. The number of alkyl halides is 3. The third-order valence-corrected chi connectivity index (χ3v) is 2.16. The van der Waals surface area contributed by atoms with E-state index in [0.717, 1.165) is 13.2 Å². The van der Waals surface area contributed by atoms with Gasteiger partial charge in [-0.05, 0) is 22.6 Å². The van der Waals surface area contributed by atoms with Crippen LogP contribution >= 0.6 is 22.6 Å². The zero-order valence-electron chi connectivity index (χ0n) is 7.31. The smallest absolute Gasteiger partial charge is 0.480 e. The Balaban J connectivity index is 3.16. The molecule has 4 nitrogen and oxygen atoms in total. The van der Waals surface area contributed by atoms with E-state index < -0.39 is 17.7 Å². The normalized spacial score (nSPS) is 11.3. The average molecular weight is 335 g/mol. The van der Waals surface area contributed by atoms with Crippen LogP contribution in [0.15, 0.2) is 10.9 Å². The number of pyridine rings is 1. The molecule has 0 atom stereocenters. The maximum absolute atomic E-state index is 11.9. The molecular formula is C7H5F3INO3. The van der Waals surface area contributed by atoms with Crippen molar-refractivity contribution in [2.75, 3.05) is 7.11 Å². The first kappa shape index (κ1) is 12.1. The zero-order chi connectivity index (χ0) is 11.6. The lowest BCUT2D eigenvalue weighted by Gasteiger charge is -2.11. The molecule has 0 spiro atoms. The summed E-state index contributed by atoms with van der Waals surface area (Å²) in [6, 6.07) is 0.950. The van der Waals surface area contributed by atoms with Gasteiger partial charge in [-0.15, -0.1) is 13.2 Å². The van der Waals surface area contributed by atoms with Crippen molar-refractivity contribution in [2.45, 2.75) is 6.36 Å². The van der Waals surface area contributed by atoms with E-state index in [1.807, 2.05) is 0 Å². The number of hydrogen-bond acceptors (Lipinski definition) is 3. The van der Waals surface area contributed by atoms with Crippen molar-refractivity contribution in [1.82, 2.24) is 4.98 Å². The van der Waals surface area contributed by atoms with Crippen molar-refractivity contribution in [1.29, 1.82) is 0 Å². The molecule has 1 N–H and O–H groups in total. The summed E-state index contributed by atoms with van der Waals surface area (Å²) in [5.74, 6) is -0.938. The number of hydrogen-bond donors (Lipinski definition) is 1. The molecule has 0 aliphatic heterocycles. The SMILES string of the molecule is COc1[nH]c(=O)c(I)cc1OC(F)(F)F. The summed E-state index contributed by atoms with van der Waals surface area (Å²) in [6.45, 7) is 0. The van der Waals surface area contributed by atoms with Gasteiger partial charge in [0, 0.05) is 6.07 Å². The molecule has 0 unspecified atom stereocenters. The van der Waals surface area contributed by atoms with Crippen LogP contribution in [0.1, 0.15) is 0 Å². The molecule has 1 heterocycles. The second kappa shape index (κ2) is 4.29. The Hall–Kier alpha value is -0.930. The highest BCUT2D eigenvalue weighted by Gasteiger charge is 2.33. The van der Waals surface area contributed by atoms with Gasteiger partial charge in [0.1, 0.15) is 0 Å². The molecule has 8 heteroatoms. The molecule has 0 fully saturated rings. The predicted molar refractivity (Wildman–Crippen MR) is 53.0 cm³/mol. The predicted octanol–water partition coefficient (Wildman–Crippen LogP) is 1.89. The Morgan fingerprint density at radius 2 is 2.07 bits per heavy atom. The highest BCUT2D eigenvalue weighted by molar-refractivity contribution is 14.1. The summed E-state index contributed by atoms with van der Waals surface area (Å²) in [4.78, 5) is 13.1. The Bertz CT molecular complexity index is 415. The van der Waals surface area contributed by atoms with Crippen LogP contribution in [0.2, 0.25) is 0 Å². The van der Waals surface area contributed by atoms with Gasteiger partial charge in [-0.25, -0.2) is 0 Å². The number of ether oxygens (including phenoxy) is 2. The summed E-state index contributed by atoms with van der Waals surface area (Å²) in [6.07, 6.45) is -4.82. The van der Waals surface area contributed by atoms with Gasteiger partial charge in [0.2, 0.25) is 5.88 Å². The number of aromatic nitrogens is 1. The molecule has 0 saturated heterocycles. The number of aromatic amines is 1. The van der Waals surface area contributed by atoms with Gasteiger partial charge in [-0.3, -0.25) is 9.78 Å². The Labute approximate surface area is 95.5 Å². The first-order chi connectivity index (χ1) is 6.83. The standard InChI is InChI=1S/C7H5F3INO3/c1-14-6-4(15-7(8,9)10)2-3(11)5(13)12-6/h2H,1H3,(H,12,13). The van der Waals surface area contributed by atoms with Crippen molar-refractivity contribution in [3.8, 4) is 11.6 Å². The minimum absolute atomic E-state index is 0.0765. The molecule has 0 aliphatic rings. The lowest BCUT2D eigenvalue weighted by atomic mass is 10.4. The molecule has 0 radical (unpaired) electrons. The summed E-state index contributed by atoms with van der Waals surface area (Å²) >= 11 is 1.59. The van der Waals surface area contributed by atoms with Crippen LogP contribution in [-0.4, -0.2) is 18.5 Å². The van der Waals surface area contributed by atoms with Crippen molar-refractivity contribution in [3.63, 3.8) is 0 Å². The van der Waals surface area contributed by atoms with E-state index in [-0.39, 0.29) is 9.45 Å². The van der Waals surface area contributed by atoms with Crippen molar-refractivity contribution < 1.29 is 22.6 Å². The van der Waals surface area contributed by atoms with Gasteiger partial charge in [0.25, 0.3) is 5.56 Å². The molecule has 0 aromatic carbocycles. The second-order valence-electron chi connectivity index (χ2n) is 2.39. The second-order valence-corrected chi connectivity index (χ2v) is 3.55. The molecule has 84 valence electrons. The molecular weight excluding hydrogens is 330 g/mol. The van der Waals surface area contributed by atoms with Crippen LogP contribution in [0.4, 0.5) is 13.2 Å². The highest BCUT2D eigenvalue weighted by Crippen LogP contribution is 2.29. The van der Waals surface area contributed by atoms with Crippen LogP contribution < -0.4 is 15.0 Å². The summed E-state index contributed by atoms with van der Waals surface area (Å²) in [5, 5.41) is 0. The first-order valence-corrected chi connectivity index (χ1v) is 4.64. The first-order valence-electron chi connectivity index (χ1n) is 3.56. The van der Waals surface area contributed by atoms with Crippen LogP contribution in [0.5, 0.6) is 11.6 Å². The Morgan fingerprint density at radius 1 is 1.47 bits per heavy atom. The van der Waals surface area contributed by atoms with E-state index in [0.29, 0.717) is 0 Å². The third kappa shape index (κ3) is 3.29. The van der Waals surface area contributed by atoms with E-state index in [1.165, 1.54) is 0 Å². The summed E-state index contributed by atoms with van der Waals surface area (Å²) in [5.41, 5.74) is -0.540. The number of methoxy groups -OCH3 is 1. The lowest BCUT2D eigenvalue weighted by molar-refractivity contribution is -0.275. The minimum atomic E-state index is -4.82. The maximum atomic E-state index is 11.9. The van der Waals surface area contributed by atoms with E-state index in [9.17, 15) is 18.0 Å². The van der Waals surface area contributed by atoms with E-state index in [1.54, 1.807) is 22.6 Å². The van der Waals surface area contributed by atoms with Gasteiger partial charge < -0.3 is 9.47 Å². The maximum Gasteiger partial charge on any atom is 0.573 e. The Kier molecular flexibility index (Phi) is 3.47. The van der Waals surface area contributed by atoms with E-state index >= 15 is 0 Å². The number of rotatable bonds is 2. The van der Waals surface area contributed by atoms with Crippen molar-refractivity contribution in [2.24, 2.45) is 0 Å². The summed E-state index contributed by atoms with van der Waals surface area (Å²) < 4.78 is 44.0. The molecule has 0 amide bonds. The summed E-state index contributed by atoms with van der Waals surface area (Å²) in [7, 11) is 1.13. The molecule has 15 heavy (non-hydrogen) atoms.